The van der Waals surface area contributed by atoms with Gasteiger partial charge >= 0.3 is 0 Å². The van der Waals surface area contributed by atoms with Gasteiger partial charge in [0.05, 0.1) is 13.1 Å². The maximum atomic E-state index is 12.9. The lowest BCUT2D eigenvalue weighted by Gasteiger charge is -2.33. The Morgan fingerprint density at radius 3 is 2.03 bits per heavy atom. The van der Waals surface area contributed by atoms with Crippen molar-refractivity contribution >= 4 is 39.1 Å². The number of amides is 2. The molecule has 29 heavy (non-hydrogen) atoms. The number of rotatable bonds is 6. The van der Waals surface area contributed by atoms with E-state index in [1.54, 1.807) is 0 Å². The molecule has 0 saturated carbocycles. The Bertz CT molecular complexity index is 867. The molecule has 1 heterocycles. The van der Waals surface area contributed by atoms with E-state index < -0.39 is 0 Å². The second kappa shape index (κ2) is 9.96. The normalized spacial score (nSPS) is 15.1. The fourth-order valence-corrected chi connectivity index (χ4v) is 3.68. The van der Waals surface area contributed by atoms with E-state index in [1.165, 1.54) is 24.3 Å². The van der Waals surface area contributed by atoms with Crippen molar-refractivity contribution in [1.82, 2.24) is 9.80 Å². The van der Waals surface area contributed by atoms with Gasteiger partial charge in [-0.3, -0.25) is 19.4 Å². The average Bonchev–Trinajstić information content (AvgIpc) is 2.67. The number of anilines is 2. The molecule has 0 atom stereocenters. The van der Waals surface area contributed by atoms with Crippen LogP contribution in [0.25, 0.3) is 0 Å². The van der Waals surface area contributed by atoms with Crippen molar-refractivity contribution in [2.45, 2.75) is 6.92 Å². The Morgan fingerprint density at radius 1 is 0.931 bits per heavy atom. The summed E-state index contributed by atoms with van der Waals surface area (Å²) in [5.41, 5.74) is 2.40. The number of piperazine rings is 1. The lowest BCUT2D eigenvalue weighted by Crippen LogP contribution is -2.50. The average molecular weight is 463 g/mol. The molecule has 0 radical (unpaired) electrons. The summed E-state index contributed by atoms with van der Waals surface area (Å²) in [5, 5.41) is 5.72. The third kappa shape index (κ3) is 6.62. The molecule has 2 aromatic rings. The number of nitrogens with zero attached hydrogens (tertiary/aromatic N) is 2. The lowest BCUT2D eigenvalue weighted by molar-refractivity contribution is -0.120. The predicted octanol–water partition coefficient (Wildman–Crippen LogP) is 3.09. The van der Waals surface area contributed by atoms with Crippen LogP contribution < -0.4 is 10.6 Å². The molecule has 154 valence electrons. The standard InChI is InChI=1S/C21H24BrFN4O2/c1-15-12-16(22)2-7-19(15)25-21(29)14-27-10-8-26(9-11-27)13-20(28)24-18-5-3-17(23)4-6-18/h2-7,12H,8-11,13-14H2,1H3,(H,24,28)(H,25,29). The van der Waals surface area contributed by atoms with Gasteiger partial charge in [0.2, 0.25) is 11.8 Å². The monoisotopic (exact) mass is 462 g/mol. The van der Waals surface area contributed by atoms with E-state index >= 15 is 0 Å². The first-order valence-electron chi connectivity index (χ1n) is 9.45. The molecule has 3 rings (SSSR count). The van der Waals surface area contributed by atoms with Crippen LogP contribution in [0.5, 0.6) is 0 Å². The molecule has 0 aliphatic carbocycles. The topological polar surface area (TPSA) is 64.7 Å². The minimum absolute atomic E-state index is 0.0436. The molecular weight excluding hydrogens is 439 g/mol. The quantitative estimate of drug-likeness (QED) is 0.692. The SMILES string of the molecule is Cc1cc(Br)ccc1NC(=O)CN1CCN(CC(=O)Nc2ccc(F)cc2)CC1. The minimum atomic E-state index is -0.335. The van der Waals surface area contributed by atoms with Crippen molar-refractivity contribution < 1.29 is 14.0 Å². The molecule has 1 aliphatic heterocycles. The third-order valence-electron chi connectivity index (χ3n) is 4.79. The van der Waals surface area contributed by atoms with Crippen LogP contribution in [0.3, 0.4) is 0 Å². The molecule has 0 spiro atoms. The Hall–Kier alpha value is -2.29. The van der Waals surface area contributed by atoms with Gasteiger partial charge in [-0.1, -0.05) is 15.9 Å². The van der Waals surface area contributed by atoms with Crippen LogP contribution in [0, 0.1) is 12.7 Å². The van der Waals surface area contributed by atoms with Crippen molar-refractivity contribution in [3.05, 3.63) is 58.3 Å². The molecular formula is C21H24BrFN4O2. The minimum Gasteiger partial charge on any atom is -0.325 e. The third-order valence-corrected chi connectivity index (χ3v) is 5.28. The van der Waals surface area contributed by atoms with Crippen LogP contribution >= 0.6 is 15.9 Å². The molecule has 2 aromatic carbocycles. The maximum Gasteiger partial charge on any atom is 0.238 e. The summed E-state index contributed by atoms with van der Waals surface area (Å²) < 4.78 is 13.9. The van der Waals surface area contributed by atoms with Gasteiger partial charge in [-0.25, -0.2) is 4.39 Å². The number of carbonyl (C=O) groups is 2. The van der Waals surface area contributed by atoms with Crippen molar-refractivity contribution in [2.75, 3.05) is 49.9 Å². The highest BCUT2D eigenvalue weighted by atomic mass is 79.9. The first-order valence-corrected chi connectivity index (χ1v) is 10.2. The highest BCUT2D eigenvalue weighted by Gasteiger charge is 2.21. The zero-order valence-electron chi connectivity index (χ0n) is 16.3. The van der Waals surface area contributed by atoms with Gasteiger partial charge in [0, 0.05) is 42.0 Å². The van der Waals surface area contributed by atoms with E-state index in [4.69, 9.17) is 0 Å². The van der Waals surface area contributed by atoms with Gasteiger partial charge in [0.15, 0.2) is 0 Å². The first kappa shape index (κ1) is 21.4. The first-order chi connectivity index (χ1) is 13.9. The molecule has 2 N–H and O–H groups in total. The van der Waals surface area contributed by atoms with Gasteiger partial charge in [-0.15, -0.1) is 0 Å². The molecule has 1 fully saturated rings. The number of aryl methyl sites for hydroxylation is 1. The number of hydrogen-bond donors (Lipinski definition) is 2. The van der Waals surface area contributed by atoms with E-state index in [2.05, 4.69) is 31.5 Å². The highest BCUT2D eigenvalue weighted by molar-refractivity contribution is 9.10. The fraction of sp³-hybridized carbons (Fsp3) is 0.333. The summed E-state index contributed by atoms with van der Waals surface area (Å²) in [7, 11) is 0. The fourth-order valence-electron chi connectivity index (χ4n) is 3.20. The van der Waals surface area contributed by atoms with Crippen LogP contribution in [0.1, 0.15) is 5.56 Å². The summed E-state index contributed by atoms with van der Waals surface area (Å²) >= 11 is 3.42. The zero-order valence-corrected chi connectivity index (χ0v) is 17.8. The smallest absolute Gasteiger partial charge is 0.238 e. The molecule has 0 bridgehead atoms. The van der Waals surface area contributed by atoms with E-state index in [-0.39, 0.29) is 24.2 Å². The largest absolute Gasteiger partial charge is 0.325 e. The van der Waals surface area contributed by atoms with E-state index in [0.29, 0.717) is 25.3 Å². The second-order valence-electron chi connectivity index (χ2n) is 7.11. The molecule has 1 aliphatic rings. The summed E-state index contributed by atoms with van der Waals surface area (Å²) in [6.07, 6.45) is 0. The molecule has 1 saturated heterocycles. The molecule has 2 amide bonds. The Labute approximate surface area is 178 Å². The summed E-state index contributed by atoms with van der Waals surface area (Å²) in [6, 6.07) is 11.5. The Kier molecular flexibility index (Phi) is 7.35. The Balaban J connectivity index is 1.40. The Morgan fingerprint density at radius 2 is 1.48 bits per heavy atom. The summed E-state index contributed by atoms with van der Waals surface area (Å²) in [4.78, 5) is 28.6. The zero-order chi connectivity index (χ0) is 20.8. The maximum absolute atomic E-state index is 12.9. The number of hydrogen-bond acceptors (Lipinski definition) is 4. The summed E-state index contributed by atoms with van der Waals surface area (Å²) in [6.45, 7) is 5.41. The van der Waals surface area contributed by atoms with Crippen LogP contribution in [0.15, 0.2) is 46.9 Å². The molecule has 6 nitrogen and oxygen atoms in total. The van der Waals surface area contributed by atoms with Gasteiger partial charge in [0.25, 0.3) is 0 Å². The van der Waals surface area contributed by atoms with E-state index in [0.717, 1.165) is 28.8 Å². The van der Waals surface area contributed by atoms with E-state index in [1.807, 2.05) is 30.0 Å². The van der Waals surface area contributed by atoms with Gasteiger partial charge < -0.3 is 10.6 Å². The van der Waals surface area contributed by atoms with Crippen molar-refractivity contribution in [1.29, 1.82) is 0 Å². The number of halogens is 2. The summed E-state index contributed by atoms with van der Waals surface area (Å²) in [5.74, 6) is -0.509. The van der Waals surface area contributed by atoms with Crippen LogP contribution in [-0.4, -0.2) is 60.9 Å². The predicted molar refractivity (Wildman–Crippen MR) is 115 cm³/mol. The highest BCUT2D eigenvalue weighted by Crippen LogP contribution is 2.20. The van der Waals surface area contributed by atoms with Crippen molar-refractivity contribution in [3.63, 3.8) is 0 Å². The number of nitrogens with one attached hydrogen (secondary N) is 2. The number of carbonyl (C=O) groups excluding carboxylic acids is 2. The molecule has 8 heteroatoms. The van der Waals surface area contributed by atoms with Crippen LogP contribution in [0.4, 0.5) is 15.8 Å². The van der Waals surface area contributed by atoms with Crippen LogP contribution in [-0.2, 0) is 9.59 Å². The number of benzene rings is 2. The van der Waals surface area contributed by atoms with Crippen molar-refractivity contribution in [3.8, 4) is 0 Å². The van der Waals surface area contributed by atoms with Crippen LogP contribution in [0.2, 0.25) is 0 Å². The van der Waals surface area contributed by atoms with Gasteiger partial charge in [0.1, 0.15) is 5.82 Å². The van der Waals surface area contributed by atoms with E-state index in [9.17, 15) is 14.0 Å². The van der Waals surface area contributed by atoms with Crippen molar-refractivity contribution in [2.24, 2.45) is 0 Å². The molecule has 0 unspecified atom stereocenters. The molecule has 0 aromatic heterocycles. The lowest BCUT2D eigenvalue weighted by atomic mass is 10.2. The van der Waals surface area contributed by atoms with Gasteiger partial charge in [-0.05, 0) is 55.0 Å². The van der Waals surface area contributed by atoms with Gasteiger partial charge in [-0.2, -0.15) is 0 Å². The second-order valence-corrected chi connectivity index (χ2v) is 8.03.